The maximum Gasteiger partial charge on any atom is 0.303 e. The molecule has 0 rings (SSSR count). The van der Waals surface area contributed by atoms with Gasteiger partial charge in [-0.25, -0.2) is 0 Å². The fourth-order valence-electron chi connectivity index (χ4n) is 2.17. The number of aliphatic carboxylic acids is 1. The highest BCUT2D eigenvalue weighted by atomic mass is 16.4. The molecule has 0 spiro atoms. The number of aliphatic hydroxyl groups is 3. The second-order valence-electron chi connectivity index (χ2n) is 5.83. The molecule has 0 aromatic heterocycles. The van der Waals surface area contributed by atoms with Crippen molar-refractivity contribution in [1.29, 1.82) is 0 Å². The minimum atomic E-state index is -0.970. The van der Waals surface area contributed by atoms with E-state index in [0.717, 1.165) is 32.1 Å². The molecular formula is C18H32O5. The molecule has 0 unspecified atom stereocenters. The summed E-state index contributed by atoms with van der Waals surface area (Å²) >= 11 is 0. The van der Waals surface area contributed by atoms with Crippen LogP contribution in [0, 0.1) is 0 Å². The van der Waals surface area contributed by atoms with Gasteiger partial charge in [-0.2, -0.15) is 0 Å². The number of unbranched alkanes of at least 4 members (excludes halogenated alkanes) is 4. The van der Waals surface area contributed by atoms with E-state index in [1.807, 2.05) is 19.1 Å². The largest absolute Gasteiger partial charge is 0.481 e. The van der Waals surface area contributed by atoms with Crippen LogP contribution in [0.2, 0.25) is 0 Å². The molecule has 0 saturated carbocycles. The van der Waals surface area contributed by atoms with E-state index in [2.05, 4.69) is 0 Å². The maximum atomic E-state index is 10.3. The number of carboxylic acids is 1. The highest BCUT2D eigenvalue weighted by molar-refractivity contribution is 5.66. The van der Waals surface area contributed by atoms with E-state index >= 15 is 0 Å². The fraction of sp³-hybridized carbons (Fsp3) is 0.722. The summed E-state index contributed by atoms with van der Waals surface area (Å²) in [6.07, 6.45) is 10.8. The summed E-state index contributed by atoms with van der Waals surface area (Å²) in [5, 5.41) is 37.8. The van der Waals surface area contributed by atoms with Crippen molar-refractivity contribution in [1.82, 2.24) is 0 Å². The van der Waals surface area contributed by atoms with E-state index in [-0.39, 0.29) is 6.42 Å². The zero-order chi connectivity index (χ0) is 17.5. The first-order valence-corrected chi connectivity index (χ1v) is 8.56. The van der Waals surface area contributed by atoms with Crippen LogP contribution in [0.1, 0.15) is 64.7 Å². The molecule has 0 bridgehead atoms. The van der Waals surface area contributed by atoms with Gasteiger partial charge < -0.3 is 20.4 Å². The molecule has 0 aliphatic rings. The maximum absolute atomic E-state index is 10.3. The third-order valence-corrected chi connectivity index (χ3v) is 3.60. The van der Waals surface area contributed by atoms with Crippen molar-refractivity contribution >= 4 is 5.97 Å². The second-order valence-corrected chi connectivity index (χ2v) is 5.83. The van der Waals surface area contributed by atoms with Crippen LogP contribution in [-0.2, 0) is 4.79 Å². The number of carboxylic acid groups (broad SMARTS) is 1. The summed E-state index contributed by atoms with van der Waals surface area (Å²) in [4.78, 5) is 10.3. The van der Waals surface area contributed by atoms with E-state index in [0.29, 0.717) is 19.3 Å². The molecule has 0 aliphatic heterocycles. The lowest BCUT2D eigenvalue weighted by molar-refractivity contribution is -0.137. The summed E-state index contributed by atoms with van der Waals surface area (Å²) in [5.41, 5.74) is 0. The van der Waals surface area contributed by atoms with Gasteiger partial charge in [0.2, 0.25) is 0 Å². The molecule has 0 fully saturated rings. The van der Waals surface area contributed by atoms with Gasteiger partial charge in [0.05, 0.1) is 18.3 Å². The number of aliphatic hydroxyl groups excluding tert-OH is 3. The third-order valence-electron chi connectivity index (χ3n) is 3.60. The van der Waals surface area contributed by atoms with Gasteiger partial charge in [0.1, 0.15) is 0 Å². The van der Waals surface area contributed by atoms with Crippen LogP contribution in [0.5, 0.6) is 0 Å². The minimum absolute atomic E-state index is 0.221. The van der Waals surface area contributed by atoms with Gasteiger partial charge in [-0.1, -0.05) is 56.9 Å². The molecule has 0 aromatic carbocycles. The summed E-state index contributed by atoms with van der Waals surface area (Å²) < 4.78 is 0. The average Bonchev–Trinajstić information content (AvgIpc) is 2.51. The third kappa shape index (κ3) is 14.2. The molecule has 3 atom stereocenters. The fourth-order valence-corrected chi connectivity index (χ4v) is 2.17. The van der Waals surface area contributed by atoms with Crippen molar-refractivity contribution in [3.8, 4) is 0 Å². The zero-order valence-electron chi connectivity index (χ0n) is 14.1. The van der Waals surface area contributed by atoms with Crippen LogP contribution in [0.15, 0.2) is 24.3 Å². The van der Waals surface area contributed by atoms with Gasteiger partial charge in [-0.05, 0) is 25.7 Å². The van der Waals surface area contributed by atoms with Crippen LogP contribution in [0.4, 0.5) is 0 Å². The first-order chi connectivity index (χ1) is 11.0. The number of rotatable bonds is 14. The predicted octanol–water partition coefficient (Wildman–Crippen LogP) is 2.80. The summed E-state index contributed by atoms with van der Waals surface area (Å²) in [5.74, 6) is -0.753. The van der Waals surface area contributed by atoms with Crippen molar-refractivity contribution in [2.45, 2.75) is 83.0 Å². The Balaban J connectivity index is 3.72. The van der Waals surface area contributed by atoms with Crippen LogP contribution in [0.3, 0.4) is 0 Å². The summed E-state index contributed by atoms with van der Waals surface area (Å²) in [6.45, 7) is 2.00. The Morgan fingerprint density at radius 2 is 1.61 bits per heavy atom. The highest BCUT2D eigenvalue weighted by Gasteiger charge is 2.11. The molecule has 23 heavy (non-hydrogen) atoms. The molecule has 0 amide bonds. The first-order valence-electron chi connectivity index (χ1n) is 8.56. The normalized spacial score (nSPS) is 16.0. The topological polar surface area (TPSA) is 98.0 Å². The van der Waals surface area contributed by atoms with Gasteiger partial charge in [-0.15, -0.1) is 0 Å². The van der Waals surface area contributed by atoms with Crippen molar-refractivity contribution in [3.63, 3.8) is 0 Å². The molecule has 5 heteroatoms. The minimum Gasteiger partial charge on any atom is -0.481 e. The predicted molar refractivity (Wildman–Crippen MR) is 91.2 cm³/mol. The Morgan fingerprint density at radius 3 is 2.26 bits per heavy atom. The smallest absolute Gasteiger partial charge is 0.303 e. The molecule has 0 saturated heterocycles. The Kier molecular flexibility index (Phi) is 13.7. The molecular weight excluding hydrogens is 296 g/mol. The summed E-state index contributed by atoms with van der Waals surface area (Å²) in [6, 6.07) is 0. The Morgan fingerprint density at radius 1 is 0.957 bits per heavy atom. The Hall–Kier alpha value is -1.17. The molecule has 0 heterocycles. The van der Waals surface area contributed by atoms with Gasteiger partial charge in [0.25, 0.3) is 0 Å². The molecule has 4 N–H and O–H groups in total. The summed E-state index contributed by atoms with van der Waals surface area (Å²) in [7, 11) is 0. The standard InChI is InChI=1S/C18H32O5/c1-2-3-7-11-16(20)17(21)14-13-15(19)10-8-5-4-6-9-12-18(22)23/h3,7,13-17,19-21H,2,4-6,8-12H2,1H3,(H,22,23)/b7-3-,14-13+/t15-,16+,17-/m0/s1. The Labute approximate surface area is 139 Å². The van der Waals surface area contributed by atoms with Gasteiger partial charge in [-0.3, -0.25) is 4.79 Å². The highest BCUT2D eigenvalue weighted by Crippen LogP contribution is 2.10. The number of hydrogen-bond donors (Lipinski definition) is 4. The van der Waals surface area contributed by atoms with Crippen molar-refractivity contribution in [3.05, 3.63) is 24.3 Å². The van der Waals surface area contributed by atoms with Crippen molar-refractivity contribution in [2.75, 3.05) is 0 Å². The zero-order valence-corrected chi connectivity index (χ0v) is 14.1. The van der Waals surface area contributed by atoms with Crippen LogP contribution in [-0.4, -0.2) is 44.7 Å². The molecule has 5 nitrogen and oxygen atoms in total. The van der Waals surface area contributed by atoms with E-state index in [9.17, 15) is 20.1 Å². The van der Waals surface area contributed by atoms with Crippen molar-refractivity contribution < 1.29 is 25.2 Å². The van der Waals surface area contributed by atoms with E-state index < -0.39 is 24.3 Å². The SMILES string of the molecule is CC/C=C\C[C@@H](O)[C@@H](O)/C=C/[C@@H](O)CCCCCCCC(=O)O. The first kappa shape index (κ1) is 21.8. The monoisotopic (exact) mass is 328 g/mol. The van der Waals surface area contributed by atoms with Crippen LogP contribution < -0.4 is 0 Å². The lowest BCUT2D eigenvalue weighted by Crippen LogP contribution is -2.23. The van der Waals surface area contributed by atoms with E-state index in [1.165, 1.54) is 12.2 Å². The second kappa shape index (κ2) is 14.4. The van der Waals surface area contributed by atoms with E-state index in [4.69, 9.17) is 5.11 Å². The quantitative estimate of drug-likeness (QED) is 0.290. The molecule has 134 valence electrons. The lowest BCUT2D eigenvalue weighted by atomic mass is 10.0. The number of carbonyl (C=O) groups is 1. The Bertz CT molecular complexity index is 351. The van der Waals surface area contributed by atoms with Crippen molar-refractivity contribution in [2.24, 2.45) is 0 Å². The number of hydrogen-bond acceptors (Lipinski definition) is 4. The van der Waals surface area contributed by atoms with E-state index in [1.54, 1.807) is 0 Å². The van der Waals surface area contributed by atoms with Gasteiger partial charge >= 0.3 is 5.97 Å². The average molecular weight is 328 g/mol. The van der Waals surface area contributed by atoms with Crippen LogP contribution >= 0.6 is 0 Å². The van der Waals surface area contributed by atoms with Gasteiger partial charge in [0.15, 0.2) is 0 Å². The molecule has 0 aliphatic carbocycles. The van der Waals surface area contributed by atoms with Gasteiger partial charge in [0, 0.05) is 6.42 Å². The molecule has 0 radical (unpaired) electrons. The van der Waals surface area contributed by atoms with Crippen LogP contribution in [0.25, 0.3) is 0 Å². The lowest BCUT2D eigenvalue weighted by Gasteiger charge is -2.13. The number of allylic oxidation sites excluding steroid dienone is 1. The molecule has 0 aromatic rings.